The Morgan fingerprint density at radius 3 is 2.95 bits per heavy atom. The first-order valence-electron chi connectivity index (χ1n) is 5.73. The molecular weight excluding hydrogens is 306 g/mol. The average Bonchev–Trinajstić information content (AvgIpc) is 2.89. The zero-order valence-corrected chi connectivity index (χ0v) is 11.4. The molecule has 2 aromatic heterocycles. The third-order valence-corrected chi connectivity index (χ3v) is 3.46. The van der Waals surface area contributed by atoms with E-state index in [9.17, 15) is 4.79 Å². The molecule has 0 unspecified atom stereocenters. The lowest BCUT2D eigenvalue weighted by molar-refractivity contribution is 0.102. The maximum atomic E-state index is 12.3. The normalized spacial score (nSPS) is 10.6. The number of amides is 1. The van der Waals surface area contributed by atoms with Crippen molar-refractivity contribution in [3.8, 4) is 0 Å². The van der Waals surface area contributed by atoms with E-state index in [4.69, 9.17) is 0 Å². The lowest BCUT2D eigenvalue weighted by atomic mass is 10.1. The van der Waals surface area contributed by atoms with Gasteiger partial charge in [0.1, 0.15) is 5.82 Å². The van der Waals surface area contributed by atoms with Crippen LogP contribution in [-0.4, -0.2) is 15.9 Å². The number of para-hydroxylation sites is 1. The number of nitrogens with one attached hydrogen (secondary N) is 2. The standard InChI is InChI=1S/C14H10BrN3O/c15-11-5-2-7-17-13(11)18-14(19)10-4-1-3-9-6-8-16-12(9)10/h1-8,16H,(H,17,18,19). The first kappa shape index (κ1) is 11.9. The average molecular weight is 316 g/mol. The lowest BCUT2D eigenvalue weighted by Gasteiger charge is -2.06. The summed E-state index contributed by atoms with van der Waals surface area (Å²) in [5, 5.41) is 3.80. The number of H-pyrrole nitrogens is 1. The van der Waals surface area contributed by atoms with Crippen LogP contribution in [0.1, 0.15) is 10.4 Å². The van der Waals surface area contributed by atoms with Gasteiger partial charge in [-0.05, 0) is 40.2 Å². The van der Waals surface area contributed by atoms with Crippen LogP contribution in [0.15, 0.2) is 53.3 Å². The van der Waals surface area contributed by atoms with Crippen molar-refractivity contribution in [1.29, 1.82) is 0 Å². The maximum Gasteiger partial charge on any atom is 0.258 e. The highest BCUT2D eigenvalue weighted by atomic mass is 79.9. The van der Waals surface area contributed by atoms with Gasteiger partial charge in [-0.3, -0.25) is 4.79 Å². The summed E-state index contributed by atoms with van der Waals surface area (Å²) in [6, 6.07) is 11.2. The minimum Gasteiger partial charge on any atom is -0.361 e. The number of pyridine rings is 1. The van der Waals surface area contributed by atoms with Crippen molar-refractivity contribution >= 4 is 38.6 Å². The SMILES string of the molecule is O=C(Nc1ncccc1Br)c1cccc2cc[nH]c12. The quantitative estimate of drug-likeness (QED) is 0.759. The molecule has 0 radical (unpaired) electrons. The zero-order chi connectivity index (χ0) is 13.2. The molecule has 0 aliphatic rings. The van der Waals surface area contributed by atoms with E-state index in [0.717, 1.165) is 15.4 Å². The van der Waals surface area contributed by atoms with Crippen LogP contribution in [0, 0.1) is 0 Å². The second kappa shape index (κ2) is 4.85. The van der Waals surface area contributed by atoms with Crippen LogP contribution in [0.3, 0.4) is 0 Å². The van der Waals surface area contributed by atoms with Gasteiger partial charge in [-0.2, -0.15) is 0 Å². The number of aromatic nitrogens is 2. The van der Waals surface area contributed by atoms with Crippen LogP contribution in [0.25, 0.3) is 10.9 Å². The third kappa shape index (κ3) is 2.24. The number of hydrogen-bond donors (Lipinski definition) is 2. The van der Waals surface area contributed by atoms with Gasteiger partial charge in [0.2, 0.25) is 0 Å². The van der Waals surface area contributed by atoms with E-state index in [0.29, 0.717) is 11.4 Å². The largest absolute Gasteiger partial charge is 0.361 e. The number of fused-ring (bicyclic) bond motifs is 1. The molecule has 0 aliphatic carbocycles. The van der Waals surface area contributed by atoms with Gasteiger partial charge in [0.05, 0.1) is 15.6 Å². The zero-order valence-electron chi connectivity index (χ0n) is 9.85. The van der Waals surface area contributed by atoms with Gasteiger partial charge < -0.3 is 10.3 Å². The van der Waals surface area contributed by atoms with Gasteiger partial charge in [0.25, 0.3) is 5.91 Å². The van der Waals surface area contributed by atoms with Gasteiger partial charge >= 0.3 is 0 Å². The van der Waals surface area contributed by atoms with Crippen molar-refractivity contribution in [1.82, 2.24) is 9.97 Å². The Labute approximate surface area is 118 Å². The highest BCUT2D eigenvalue weighted by Crippen LogP contribution is 2.21. The summed E-state index contributed by atoms with van der Waals surface area (Å²) in [6.07, 6.45) is 3.45. The van der Waals surface area contributed by atoms with Crippen LogP contribution in [0.5, 0.6) is 0 Å². The number of carbonyl (C=O) groups is 1. The number of nitrogens with zero attached hydrogens (tertiary/aromatic N) is 1. The number of aromatic amines is 1. The van der Waals surface area contributed by atoms with Crippen molar-refractivity contribution in [2.75, 3.05) is 5.32 Å². The molecule has 3 rings (SSSR count). The van der Waals surface area contributed by atoms with E-state index >= 15 is 0 Å². The van der Waals surface area contributed by atoms with Gasteiger partial charge in [-0.25, -0.2) is 4.98 Å². The molecule has 0 saturated carbocycles. The predicted octanol–water partition coefficient (Wildman–Crippen LogP) is 3.58. The van der Waals surface area contributed by atoms with Gasteiger partial charge in [-0.15, -0.1) is 0 Å². The summed E-state index contributed by atoms with van der Waals surface area (Å²) in [7, 11) is 0. The van der Waals surface area contributed by atoms with Gasteiger partial charge in [0, 0.05) is 17.8 Å². The summed E-state index contributed by atoms with van der Waals surface area (Å²) in [6.45, 7) is 0. The van der Waals surface area contributed by atoms with Crippen LogP contribution in [0.4, 0.5) is 5.82 Å². The molecule has 5 heteroatoms. The number of carbonyl (C=O) groups excluding carboxylic acids is 1. The highest BCUT2D eigenvalue weighted by Gasteiger charge is 2.12. The van der Waals surface area contributed by atoms with Crippen molar-refractivity contribution in [2.24, 2.45) is 0 Å². The van der Waals surface area contributed by atoms with Gasteiger partial charge in [0.15, 0.2) is 0 Å². The van der Waals surface area contributed by atoms with Crippen molar-refractivity contribution in [3.05, 3.63) is 58.8 Å². The van der Waals surface area contributed by atoms with E-state index in [-0.39, 0.29) is 5.91 Å². The molecule has 0 aliphatic heterocycles. The topological polar surface area (TPSA) is 57.8 Å². The second-order valence-corrected chi connectivity index (χ2v) is 4.89. The number of rotatable bonds is 2. The Morgan fingerprint density at radius 2 is 2.11 bits per heavy atom. The smallest absolute Gasteiger partial charge is 0.258 e. The molecule has 0 saturated heterocycles. The highest BCUT2D eigenvalue weighted by molar-refractivity contribution is 9.10. The summed E-state index contributed by atoms with van der Waals surface area (Å²) in [4.78, 5) is 19.5. The molecule has 0 atom stereocenters. The van der Waals surface area contributed by atoms with E-state index in [1.807, 2.05) is 30.5 Å². The van der Waals surface area contributed by atoms with E-state index in [1.54, 1.807) is 18.3 Å². The molecule has 4 nitrogen and oxygen atoms in total. The Kier molecular flexibility index (Phi) is 3.05. The summed E-state index contributed by atoms with van der Waals surface area (Å²) >= 11 is 3.35. The van der Waals surface area contributed by atoms with Crippen LogP contribution >= 0.6 is 15.9 Å². The summed E-state index contributed by atoms with van der Waals surface area (Å²) in [5.74, 6) is 0.323. The Hall–Kier alpha value is -2.14. The van der Waals surface area contributed by atoms with E-state index in [1.165, 1.54) is 0 Å². The third-order valence-electron chi connectivity index (χ3n) is 2.82. The molecule has 1 aromatic carbocycles. The van der Waals surface area contributed by atoms with Crippen LogP contribution < -0.4 is 5.32 Å². The first-order valence-corrected chi connectivity index (χ1v) is 6.53. The molecule has 0 spiro atoms. The second-order valence-electron chi connectivity index (χ2n) is 4.04. The van der Waals surface area contributed by atoms with Crippen LogP contribution in [-0.2, 0) is 0 Å². The Morgan fingerprint density at radius 1 is 1.21 bits per heavy atom. The monoisotopic (exact) mass is 315 g/mol. The summed E-state index contributed by atoms with van der Waals surface area (Å²) in [5.41, 5.74) is 1.42. The number of benzene rings is 1. The van der Waals surface area contributed by atoms with E-state index in [2.05, 4.69) is 31.2 Å². The fraction of sp³-hybridized carbons (Fsp3) is 0. The molecule has 94 valence electrons. The molecule has 2 N–H and O–H groups in total. The fourth-order valence-electron chi connectivity index (χ4n) is 1.93. The maximum absolute atomic E-state index is 12.3. The minimum atomic E-state index is -0.188. The minimum absolute atomic E-state index is 0.188. The van der Waals surface area contributed by atoms with Crippen LogP contribution in [0.2, 0.25) is 0 Å². The molecule has 0 bridgehead atoms. The Balaban J connectivity index is 1.97. The molecule has 0 fully saturated rings. The number of anilines is 1. The van der Waals surface area contributed by atoms with E-state index < -0.39 is 0 Å². The van der Waals surface area contributed by atoms with Crippen molar-refractivity contribution in [2.45, 2.75) is 0 Å². The Bertz CT molecular complexity index is 751. The molecule has 19 heavy (non-hydrogen) atoms. The van der Waals surface area contributed by atoms with Crippen molar-refractivity contribution in [3.63, 3.8) is 0 Å². The van der Waals surface area contributed by atoms with Gasteiger partial charge in [-0.1, -0.05) is 12.1 Å². The predicted molar refractivity (Wildman–Crippen MR) is 78.2 cm³/mol. The molecule has 3 aromatic rings. The first-order chi connectivity index (χ1) is 9.25. The summed E-state index contributed by atoms with van der Waals surface area (Å²) < 4.78 is 0.752. The molecular formula is C14H10BrN3O. The van der Waals surface area contributed by atoms with Crippen molar-refractivity contribution < 1.29 is 4.79 Å². The number of halogens is 1. The number of hydrogen-bond acceptors (Lipinski definition) is 2. The molecule has 1 amide bonds. The lowest BCUT2D eigenvalue weighted by Crippen LogP contribution is -2.13. The fourth-order valence-corrected chi connectivity index (χ4v) is 2.28. The molecule has 2 heterocycles.